The molecule has 0 radical (unpaired) electrons. The zero-order chi connectivity index (χ0) is 13.9. The van der Waals surface area contributed by atoms with Crippen molar-refractivity contribution in [3.8, 4) is 0 Å². The molecule has 1 aromatic carbocycles. The van der Waals surface area contributed by atoms with E-state index in [0.717, 1.165) is 25.1 Å². The van der Waals surface area contributed by atoms with Gasteiger partial charge in [0.2, 0.25) is 5.91 Å². The minimum Gasteiger partial charge on any atom is -0.316 e. The fourth-order valence-corrected chi connectivity index (χ4v) is 3.11. The second-order valence-electron chi connectivity index (χ2n) is 5.69. The maximum atomic E-state index is 12.4. The monoisotopic (exact) mass is 272 g/mol. The zero-order valence-electron chi connectivity index (χ0n) is 11.6. The molecule has 1 N–H and O–H groups in total. The first-order valence-corrected chi connectivity index (χ1v) is 7.39. The van der Waals surface area contributed by atoms with E-state index in [0.29, 0.717) is 24.4 Å². The molecule has 0 bridgehead atoms. The summed E-state index contributed by atoms with van der Waals surface area (Å²) >= 11 is 0. The summed E-state index contributed by atoms with van der Waals surface area (Å²) in [6.07, 6.45) is 3.65. The van der Waals surface area contributed by atoms with Crippen LogP contribution in [0.15, 0.2) is 24.3 Å². The molecule has 2 aliphatic heterocycles. The van der Waals surface area contributed by atoms with E-state index >= 15 is 0 Å². The normalized spacial score (nSPS) is 22.8. The van der Waals surface area contributed by atoms with Crippen molar-refractivity contribution in [3.05, 3.63) is 35.4 Å². The average molecular weight is 272 g/mol. The average Bonchev–Trinajstić information content (AvgIpc) is 2.48. The number of carbonyl (C=O) groups is 2. The molecule has 1 saturated heterocycles. The molecule has 0 aliphatic carbocycles. The van der Waals surface area contributed by atoms with E-state index in [1.165, 1.54) is 17.7 Å². The lowest BCUT2D eigenvalue weighted by molar-refractivity contribution is -0.128. The van der Waals surface area contributed by atoms with Crippen molar-refractivity contribution in [1.29, 1.82) is 0 Å². The minimum absolute atomic E-state index is 0.0579. The molecule has 0 aromatic heterocycles. The van der Waals surface area contributed by atoms with Gasteiger partial charge in [0.1, 0.15) is 0 Å². The number of hydrogen-bond donors (Lipinski definition) is 1. The van der Waals surface area contributed by atoms with E-state index < -0.39 is 0 Å². The number of nitrogens with one attached hydrogen (secondary N) is 1. The van der Waals surface area contributed by atoms with Gasteiger partial charge in [0.25, 0.3) is 5.91 Å². The van der Waals surface area contributed by atoms with Crippen molar-refractivity contribution < 1.29 is 9.59 Å². The van der Waals surface area contributed by atoms with Crippen molar-refractivity contribution in [3.63, 3.8) is 0 Å². The highest BCUT2D eigenvalue weighted by Gasteiger charge is 2.30. The highest BCUT2D eigenvalue weighted by molar-refractivity contribution is 6.09. The van der Waals surface area contributed by atoms with Crippen molar-refractivity contribution in [2.24, 2.45) is 5.92 Å². The molecule has 0 spiro atoms. The van der Waals surface area contributed by atoms with Gasteiger partial charge in [-0.2, -0.15) is 0 Å². The number of piperidine rings is 1. The number of imide groups is 1. The van der Waals surface area contributed by atoms with Gasteiger partial charge in [0.15, 0.2) is 0 Å². The van der Waals surface area contributed by atoms with Crippen LogP contribution in [-0.2, 0) is 11.2 Å². The Morgan fingerprint density at radius 1 is 1.25 bits per heavy atom. The van der Waals surface area contributed by atoms with Gasteiger partial charge in [0.05, 0.1) is 6.42 Å². The Balaban J connectivity index is 1.67. The number of carbonyl (C=O) groups excluding carboxylic acids is 2. The number of amides is 2. The van der Waals surface area contributed by atoms with Gasteiger partial charge in [-0.3, -0.25) is 14.5 Å². The Morgan fingerprint density at radius 2 is 2.10 bits per heavy atom. The summed E-state index contributed by atoms with van der Waals surface area (Å²) in [7, 11) is 0. The predicted octanol–water partition coefficient (Wildman–Crippen LogP) is 1.60. The maximum Gasteiger partial charge on any atom is 0.260 e. The minimum atomic E-state index is -0.124. The largest absolute Gasteiger partial charge is 0.316 e. The van der Waals surface area contributed by atoms with E-state index in [1.807, 2.05) is 24.3 Å². The Bertz CT molecular complexity index is 521. The molecule has 0 saturated carbocycles. The summed E-state index contributed by atoms with van der Waals surface area (Å²) in [5, 5.41) is 3.37. The van der Waals surface area contributed by atoms with Crippen molar-refractivity contribution >= 4 is 11.8 Å². The fourth-order valence-electron chi connectivity index (χ4n) is 3.11. The quantitative estimate of drug-likeness (QED) is 0.850. The number of rotatable bonds is 3. The SMILES string of the molecule is O=C1Cc2ccccc2C(=O)N1CCC1CCCNC1. The van der Waals surface area contributed by atoms with Crippen LogP contribution in [0.2, 0.25) is 0 Å². The van der Waals surface area contributed by atoms with Crippen molar-refractivity contribution in [2.75, 3.05) is 19.6 Å². The maximum absolute atomic E-state index is 12.4. The van der Waals surface area contributed by atoms with Crippen LogP contribution in [0.5, 0.6) is 0 Å². The Labute approximate surface area is 119 Å². The molecule has 1 unspecified atom stereocenters. The lowest BCUT2D eigenvalue weighted by atomic mass is 9.94. The van der Waals surface area contributed by atoms with Crippen LogP contribution < -0.4 is 5.32 Å². The van der Waals surface area contributed by atoms with E-state index in [-0.39, 0.29) is 11.8 Å². The first-order valence-electron chi connectivity index (χ1n) is 7.39. The van der Waals surface area contributed by atoms with E-state index in [9.17, 15) is 9.59 Å². The molecule has 4 heteroatoms. The first kappa shape index (κ1) is 13.3. The summed E-state index contributed by atoms with van der Waals surface area (Å²) in [5.74, 6) is 0.402. The highest BCUT2D eigenvalue weighted by Crippen LogP contribution is 2.21. The standard InChI is InChI=1S/C16H20N2O2/c19-15-10-13-5-1-2-6-14(13)16(20)18(15)9-7-12-4-3-8-17-11-12/h1-2,5-6,12,17H,3-4,7-11H2. The number of fused-ring (bicyclic) bond motifs is 1. The second kappa shape index (κ2) is 5.75. The third kappa shape index (κ3) is 2.61. The van der Waals surface area contributed by atoms with Gasteiger partial charge >= 0.3 is 0 Å². The molecule has 106 valence electrons. The molecule has 2 amide bonds. The molecule has 2 aliphatic rings. The fraction of sp³-hybridized carbons (Fsp3) is 0.500. The molecule has 4 nitrogen and oxygen atoms in total. The topological polar surface area (TPSA) is 49.4 Å². The molecule has 3 rings (SSSR count). The van der Waals surface area contributed by atoms with Crippen molar-refractivity contribution in [2.45, 2.75) is 25.7 Å². The van der Waals surface area contributed by atoms with E-state index in [1.54, 1.807) is 0 Å². The summed E-state index contributed by atoms with van der Waals surface area (Å²) in [6.45, 7) is 2.65. The second-order valence-corrected chi connectivity index (χ2v) is 5.69. The number of hydrogen-bond acceptors (Lipinski definition) is 3. The van der Waals surface area contributed by atoms with Gasteiger partial charge < -0.3 is 5.32 Å². The lowest BCUT2D eigenvalue weighted by Gasteiger charge is -2.29. The van der Waals surface area contributed by atoms with Crippen LogP contribution in [0.25, 0.3) is 0 Å². The van der Waals surface area contributed by atoms with Gasteiger partial charge in [-0.05, 0) is 49.9 Å². The van der Waals surface area contributed by atoms with Crippen LogP contribution >= 0.6 is 0 Å². The molecular formula is C16H20N2O2. The lowest BCUT2D eigenvalue weighted by Crippen LogP contribution is -2.44. The Hall–Kier alpha value is -1.68. The molecule has 1 fully saturated rings. The molecule has 1 aromatic rings. The summed E-state index contributed by atoms with van der Waals surface area (Å²) in [4.78, 5) is 26.0. The number of benzene rings is 1. The van der Waals surface area contributed by atoms with Crippen LogP contribution in [0, 0.1) is 5.92 Å². The van der Waals surface area contributed by atoms with E-state index in [4.69, 9.17) is 0 Å². The number of nitrogens with zero attached hydrogens (tertiary/aromatic N) is 1. The Kier molecular flexibility index (Phi) is 3.83. The smallest absolute Gasteiger partial charge is 0.260 e. The van der Waals surface area contributed by atoms with Crippen LogP contribution in [0.1, 0.15) is 35.2 Å². The third-order valence-electron chi connectivity index (χ3n) is 4.30. The van der Waals surface area contributed by atoms with Crippen LogP contribution in [0.4, 0.5) is 0 Å². The highest BCUT2D eigenvalue weighted by atomic mass is 16.2. The van der Waals surface area contributed by atoms with Crippen LogP contribution in [0.3, 0.4) is 0 Å². The summed E-state index contributed by atoms with van der Waals surface area (Å²) < 4.78 is 0. The molecule has 20 heavy (non-hydrogen) atoms. The van der Waals surface area contributed by atoms with E-state index in [2.05, 4.69) is 5.32 Å². The van der Waals surface area contributed by atoms with Gasteiger partial charge in [-0.25, -0.2) is 0 Å². The van der Waals surface area contributed by atoms with Gasteiger partial charge in [-0.15, -0.1) is 0 Å². The molecular weight excluding hydrogens is 252 g/mol. The van der Waals surface area contributed by atoms with Gasteiger partial charge in [-0.1, -0.05) is 18.2 Å². The zero-order valence-corrected chi connectivity index (χ0v) is 11.6. The summed E-state index contributed by atoms with van der Waals surface area (Å²) in [5.41, 5.74) is 1.55. The summed E-state index contributed by atoms with van der Waals surface area (Å²) in [6, 6.07) is 7.42. The van der Waals surface area contributed by atoms with Crippen molar-refractivity contribution in [1.82, 2.24) is 10.2 Å². The van der Waals surface area contributed by atoms with Gasteiger partial charge in [0, 0.05) is 12.1 Å². The third-order valence-corrected chi connectivity index (χ3v) is 4.30. The molecule has 2 heterocycles. The van der Waals surface area contributed by atoms with Crippen LogP contribution in [-0.4, -0.2) is 36.3 Å². The Morgan fingerprint density at radius 3 is 2.90 bits per heavy atom. The predicted molar refractivity (Wildman–Crippen MR) is 76.4 cm³/mol. The first-order chi connectivity index (χ1) is 9.75. The molecule has 1 atom stereocenters.